The Balaban J connectivity index is 1.89. The maximum Gasteiger partial charge on any atom is 0.212 e. The van der Waals surface area contributed by atoms with Crippen LogP contribution in [-0.4, -0.2) is 25.2 Å². The van der Waals surface area contributed by atoms with E-state index in [0.29, 0.717) is 11.8 Å². The van der Waals surface area contributed by atoms with Crippen molar-refractivity contribution < 1.29 is 4.74 Å². The van der Waals surface area contributed by atoms with Crippen molar-refractivity contribution in [3.05, 3.63) is 30.0 Å². The van der Waals surface area contributed by atoms with E-state index in [4.69, 9.17) is 4.74 Å². The number of fused-ring (bicyclic) bond motifs is 2. The van der Waals surface area contributed by atoms with Crippen LogP contribution in [0.1, 0.15) is 12.0 Å². The van der Waals surface area contributed by atoms with Gasteiger partial charge in [-0.2, -0.15) is 0 Å². The Labute approximate surface area is 95.5 Å². The van der Waals surface area contributed by atoms with Gasteiger partial charge in [0, 0.05) is 25.4 Å². The zero-order valence-corrected chi connectivity index (χ0v) is 9.44. The highest BCUT2D eigenvalue weighted by molar-refractivity contribution is 5.70. The Morgan fingerprint density at radius 2 is 2.31 bits per heavy atom. The Bertz CT molecular complexity index is 410. The largest absolute Gasteiger partial charge is 0.481 e. The van der Waals surface area contributed by atoms with Gasteiger partial charge in [0.1, 0.15) is 0 Å². The van der Waals surface area contributed by atoms with Crippen molar-refractivity contribution >= 4 is 5.57 Å². The van der Waals surface area contributed by atoms with Crippen molar-refractivity contribution in [1.29, 1.82) is 0 Å². The third kappa shape index (κ3) is 1.61. The van der Waals surface area contributed by atoms with Crippen LogP contribution in [0.3, 0.4) is 0 Å². The maximum atomic E-state index is 5.08. The number of rotatable bonds is 2. The summed E-state index contributed by atoms with van der Waals surface area (Å²) in [6.45, 7) is 2.23. The van der Waals surface area contributed by atoms with Gasteiger partial charge in [-0.15, -0.1) is 0 Å². The van der Waals surface area contributed by atoms with Crippen molar-refractivity contribution in [3.8, 4) is 5.88 Å². The number of aromatic nitrogens is 1. The predicted octanol–water partition coefficient (Wildman–Crippen LogP) is 1.71. The smallest absolute Gasteiger partial charge is 0.212 e. The summed E-state index contributed by atoms with van der Waals surface area (Å²) < 4.78 is 5.08. The van der Waals surface area contributed by atoms with Gasteiger partial charge in [0.15, 0.2) is 0 Å². The fourth-order valence-electron chi connectivity index (χ4n) is 2.73. The van der Waals surface area contributed by atoms with E-state index < -0.39 is 0 Å². The summed E-state index contributed by atoms with van der Waals surface area (Å²) in [6, 6.07) is 4.05. The average molecular weight is 216 g/mol. The van der Waals surface area contributed by atoms with Crippen molar-refractivity contribution in [2.75, 3.05) is 20.2 Å². The topological polar surface area (TPSA) is 34.1 Å². The second kappa shape index (κ2) is 3.91. The van der Waals surface area contributed by atoms with E-state index in [1.54, 1.807) is 7.11 Å². The van der Waals surface area contributed by atoms with Gasteiger partial charge in [0.05, 0.1) is 7.11 Å². The van der Waals surface area contributed by atoms with E-state index in [1.165, 1.54) is 17.6 Å². The van der Waals surface area contributed by atoms with Gasteiger partial charge in [-0.25, -0.2) is 4.98 Å². The SMILES string of the molecule is COc1ccc(C2=CC3CNCC2C3)cn1. The molecule has 1 N–H and O–H groups in total. The molecule has 0 amide bonds. The highest BCUT2D eigenvalue weighted by Gasteiger charge is 2.30. The molecule has 2 atom stereocenters. The Hall–Kier alpha value is -1.35. The van der Waals surface area contributed by atoms with E-state index in [0.717, 1.165) is 19.0 Å². The molecule has 0 saturated carbocycles. The summed E-state index contributed by atoms with van der Waals surface area (Å²) in [6.07, 6.45) is 5.63. The van der Waals surface area contributed by atoms with E-state index in [2.05, 4.69) is 22.4 Å². The molecule has 16 heavy (non-hydrogen) atoms. The number of methoxy groups -OCH3 is 1. The predicted molar refractivity (Wildman–Crippen MR) is 63.2 cm³/mol. The van der Waals surface area contributed by atoms with E-state index in [9.17, 15) is 0 Å². The summed E-state index contributed by atoms with van der Waals surface area (Å²) in [5.74, 6) is 2.08. The lowest BCUT2D eigenvalue weighted by Crippen LogP contribution is -2.31. The highest BCUT2D eigenvalue weighted by Crippen LogP contribution is 2.38. The fourth-order valence-corrected chi connectivity index (χ4v) is 2.73. The highest BCUT2D eigenvalue weighted by atomic mass is 16.5. The number of piperidine rings is 1. The second-order valence-corrected chi connectivity index (χ2v) is 4.56. The lowest BCUT2D eigenvalue weighted by Gasteiger charge is -2.21. The van der Waals surface area contributed by atoms with Crippen LogP contribution in [0.2, 0.25) is 0 Å². The lowest BCUT2D eigenvalue weighted by atomic mass is 9.93. The first-order valence-electron chi connectivity index (χ1n) is 5.79. The van der Waals surface area contributed by atoms with Crippen LogP contribution in [0, 0.1) is 11.8 Å². The number of nitrogens with zero attached hydrogens (tertiary/aromatic N) is 1. The molecule has 2 bridgehead atoms. The van der Waals surface area contributed by atoms with Crippen LogP contribution in [0.15, 0.2) is 24.4 Å². The molecule has 3 rings (SSSR count). The zero-order valence-electron chi connectivity index (χ0n) is 9.44. The molecule has 0 radical (unpaired) electrons. The van der Waals surface area contributed by atoms with E-state index in [-0.39, 0.29) is 0 Å². The van der Waals surface area contributed by atoms with Crippen LogP contribution in [0.5, 0.6) is 5.88 Å². The number of hydrogen-bond acceptors (Lipinski definition) is 3. The molecular formula is C13H16N2O. The number of hydrogen-bond donors (Lipinski definition) is 1. The average Bonchev–Trinajstić information content (AvgIpc) is 2.64. The molecule has 0 aromatic carbocycles. The molecule has 1 aliphatic carbocycles. The first-order valence-corrected chi connectivity index (χ1v) is 5.79. The summed E-state index contributed by atoms with van der Waals surface area (Å²) >= 11 is 0. The minimum atomic E-state index is 0.675. The van der Waals surface area contributed by atoms with Crippen LogP contribution < -0.4 is 10.1 Å². The molecule has 84 valence electrons. The summed E-state index contributed by atoms with van der Waals surface area (Å²) in [5.41, 5.74) is 2.71. The van der Waals surface area contributed by atoms with Crippen molar-refractivity contribution in [3.63, 3.8) is 0 Å². The molecule has 1 fully saturated rings. The van der Waals surface area contributed by atoms with E-state index in [1.807, 2.05) is 12.3 Å². The van der Waals surface area contributed by atoms with Crippen molar-refractivity contribution in [1.82, 2.24) is 10.3 Å². The van der Waals surface area contributed by atoms with Gasteiger partial charge in [0.2, 0.25) is 5.88 Å². The third-order valence-electron chi connectivity index (χ3n) is 3.52. The second-order valence-electron chi connectivity index (χ2n) is 4.56. The summed E-state index contributed by atoms with van der Waals surface area (Å²) in [4.78, 5) is 4.27. The maximum absolute atomic E-state index is 5.08. The van der Waals surface area contributed by atoms with Gasteiger partial charge < -0.3 is 10.1 Å². The zero-order chi connectivity index (χ0) is 11.0. The first kappa shape index (κ1) is 9.85. The molecule has 2 aliphatic rings. The molecule has 1 saturated heterocycles. The molecule has 2 heterocycles. The third-order valence-corrected chi connectivity index (χ3v) is 3.52. The number of nitrogens with one attached hydrogen (secondary N) is 1. The Kier molecular flexibility index (Phi) is 2.40. The number of pyridine rings is 1. The van der Waals surface area contributed by atoms with Crippen LogP contribution >= 0.6 is 0 Å². The van der Waals surface area contributed by atoms with Crippen LogP contribution in [0.25, 0.3) is 5.57 Å². The van der Waals surface area contributed by atoms with Crippen LogP contribution in [0.4, 0.5) is 0 Å². The molecule has 1 aromatic rings. The van der Waals surface area contributed by atoms with Crippen molar-refractivity contribution in [2.24, 2.45) is 11.8 Å². The van der Waals surface area contributed by atoms with Gasteiger partial charge in [-0.3, -0.25) is 0 Å². The minimum absolute atomic E-state index is 0.675. The van der Waals surface area contributed by atoms with Crippen LogP contribution in [-0.2, 0) is 0 Å². The summed E-state index contributed by atoms with van der Waals surface area (Å²) in [7, 11) is 1.65. The monoisotopic (exact) mass is 216 g/mol. The number of ether oxygens (including phenoxy) is 1. The molecular weight excluding hydrogens is 200 g/mol. The van der Waals surface area contributed by atoms with Gasteiger partial charge in [-0.05, 0) is 35.5 Å². The Morgan fingerprint density at radius 1 is 1.38 bits per heavy atom. The molecule has 0 spiro atoms. The Morgan fingerprint density at radius 3 is 3.00 bits per heavy atom. The van der Waals surface area contributed by atoms with Gasteiger partial charge in [-0.1, -0.05) is 6.08 Å². The molecule has 3 heteroatoms. The molecule has 1 aromatic heterocycles. The first-order chi connectivity index (χ1) is 7.86. The van der Waals surface area contributed by atoms with Gasteiger partial charge in [0.25, 0.3) is 0 Å². The standard InChI is InChI=1S/C13H16N2O/c1-16-13-3-2-10(8-15-13)12-5-9-4-11(12)7-14-6-9/h2-3,5,8-9,11,14H,4,6-7H2,1H3. The van der Waals surface area contributed by atoms with Gasteiger partial charge >= 0.3 is 0 Å². The lowest BCUT2D eigenvalue weighted by molar-refractivity contribution is 0.397. The normalized spacial score (nSPS) is 27.7. The fraction of sp³-hybridized carbons (Fsp3) is 0.462. The van der Waals surface area contributed by atoms with E-state index >= 15 is 0 Å². The quantitative estimate of drug-likeness (QED) is 0.817. The molecule has 1 aliphatic heterocycles. The van der Waals surface area contributed by atoms with Crippen molar-refractivity contribution in [2.45, 2.75) is 6.42 Å². The minimum Gasteiger partial charge on any atom is -0.481 e. The molecule has 3 nitrogen and oxygen atoms in total. The summed E-state index contributed by atoms with van der Waals surface area (Å²) in [5, 5.41) is 3.47. The molecule has 2 unspecified atom stereocenters.